The summed E-state index contributed by atoms with van der Waals surface area (Å²) in [6, 6.07) is 7.34. The van der Waals surface area contributed by atoms with Crippen LogP contribution in [-0.2, 0) is 30.8 Å². The Hall–Kier alpha value is -1.46. The van der Waals surface area contributed by atoms with Gasteiger partial charge in [0.2, 0.25) is 5.91 Å². The molecule has 1 aromatic rings. The van der Waals surface area contributed by atoms with Gasteiger partial charge >= 0.3 is 29.6 Å². The Morgan fingerprint density at radius 2 is 1.83 bits per heavy atom. The van der Waals surface area contributed by atoms with E-state index in [-0.39, 0.29) is 42.6 Å². The molecule has 0 radical (unpaired) electrons. The average molecular weight is 446 g/mol. The number of carboxylic acids is 1. The number of amides is 2. The van der Waals surface area contributed by atoms with Crippen LogP contribution >= 0.6 is 0 Å². The minimum absolute atomic E-state index is 0. The third kappa shape index (κ3) is 3.58. The van der Waals surface area contributed by atoms with Crippen LogP contribution < -0.4 is 34.7 Å². The molecule has 2 aliphatic rings. The summed E-state index contributed by atoms with van der Waals surface area (Å²) in [6.07, 6.45) is -1.89. The molecule has 0 bridgehead atoms. The van der Waals surface area contributed by atoms with Crippen molar-refractivity contribution in [2.45, 2.75) is 49.6 Å². The van der Waals surface area contributed by atoms with Gasteiger partial charge in [-0.1, -0.05) is 30.3 Å². The molecule has 0 aromatic heterocycles. The molecular formula is C19H23N2NaO7S. The predicted octanol–water partition coefficient (Wildman–Crippen LogP) is -4.49. The zero-order valence-corrected chi connectivity index (χ0v) is 20.1. The number of aliphatic carboxylic acids is 1. The number of aliphatic hydroxyl groups is 1. The number of hydrogen-bond donors (Lipinski definition) is 1. The van der Waals surface area contributed by atoms with Crippen LogP contribution in [0, 0.1) is 5.92 Å². The van der Waals surface area contributed by atoms with Crippen LogP contribution in [0.5, 0.6) is 0 Å². The molecule has 158 valence electrons. The molecule has 2 amide bonds. The van der Waals surface area contributed by atoms with Gasteiger partial charge in [0.25, 0.3) is 5.91 Å². The molecule has 2 fully saturated rings. The first-order valence-electron chi connectivity index (χ1n) is 9.24. The summed E-state index contributed by atoms with van der Waals surface area (Å²) in [4.78, 5) is 38.9. The topological polar surface area (TPSA) is 135 Å². The fourth-order valence-electron chi connectivity index (χ4n) is 4.11. The summed E-state index contributed by atoms with van der Waals surface area (Å²) in [6.45, 7) is 4.52. The maximum Gasteiger partial charge on any atom is 1.00 e. The second-order valence-electron chi connectivity index (χ2n) is 7.81. The first-order chi connectivity index (χ1) is 13.5. The second kappa shape index (κ2) is 8.58. The van der Waals surface area contributed by atoms with E-state index in [1.807, 2.05) is 6.07 Å². The third-order valence-electron chi connectivity index (χ3n) is 5.84. The van der Waals surface area contributed by atoms with Gasteiger partial charge in [0.1, 0.15) is 17.4 Å². The number of fused-ring (bicyclic) bond motifs is 1. The Morgan fingerprint density at radius 1 is 1.27 bits per heavy atom. The van der Waals surface area contributed by atoms with Crippen LogP contribution in [0.4, 0.5) is 0 Å². The Balaban J connectivity index is 0.00000320. The van der Waals surface area contributed by atoms with E-state index in [4.69, 9.17) is 0 Å². The number of nitrogens with zero attached hydrogens (tertiary/aromatic N) is 2. The van der Waals surface area contributed by atoms with Crippen LogP contribution in [-0.4, -0.2) is 69.9 Å². The molecular weight excluding hydrogens is 423 g/mol. The van der Waals surface area contributed by atoms with Crippen molar-refractivity contribution in [2.75, 3.05) is 6.54 Å². The number of aliphatic hydroxyl groups excluding tert-OH is 1. The van der Waals surface area contributed by atoms with Crippen molar-refractivity contribution in [1.29, 1.82) is 0 Å². The zero-order valence-electron chi connectivity index (χ0n) is 17.3. The van der Waals surface area contributed by atoms with Gasteiger partial charge in [0.05, 0.1) is 16.8 Å². The van der Waals surface area contributed by atoms with Gasteiger partial charge < -0.3 is 24.8 Å². The molecule has 30 heavy (non-hydrogen) atoms. The summed E-state index contributed by atoms with van der Waals surface area (Å²) < 4.78 is 24.0. The van der Waals surface area contributed by atoms with Gasteiger partial charge in [-0.15, -0.1) is 0 Å². The molecule has 0 unspecified atom stereocenters. The molecule has 0 saturated carbocycles. The largest absolute Gasteiger partial charge is 1.00 e. The fourth-order valence-corrected chi connectivity index (χ4v) is 6.43. The van der Waals surface area contributed by atoms with Crippen molar-refractivity contribution < 1.29 is 62.6 Å². The normalized spacial score (nSPS) is 26.7. The Kier molecular flexibility index (Phi) is 7.10. The number of β-lactam (4-membered cyclic amide) rings is 1. The quantitative estimate of drug-likeness (QED) is 0.344. The van der Waals surface area contributed by atoms with E-state index in [1.54, 1.807) is 31.2 Å². The molecule has 1 aromatic carbocycles. The van der Waals surface area contributed by atoms with E-state index in [0.717, 1.165) is 5.56 Å². The minimum Gasteiger partial charge on any atom is -0.548 e. The first kappa shape index (κ1) is 24.8. The summed E-state index contributed by atoms with van der Waals surface area (Å²) in [5.41, 5.74) is 0.808. The molecule has 1 N–H and O–H groups in total. The number of carbonyl (C=O) groups excluding carboxylic acids is 3. The monoisotopic (exact) mass is 446 g/mol. The molecule has 11 heteroatoms. The summed E-state index contributed by atoms with van der Waals surface area (Å²) in [7, 11) is -4.16. The number of likely N-dealkylation sites (N-methyl/N-ethyl adjacent to an activating group) is 1. The smallest absolute Gasteiger partial charge is 0.548 e. The second-order valence-corrected chi connectivity index (χ2v) is 10.4. The standard InChI is InChI=1S/C19H24N2O7S.Na/c1-4-20(10-11-8-6-5-7-9-11)16(24)13(22)12-15(23)21-14(18(25)26)19(2,3)29(27,28)17(12)21;/h5-9,12-14,17,22H,4,10H2,1-3H3,(H,25,26);/q;+1/p-1/t12-,13+,14+,17-;/m1./s1. The van der Waals surface area contributed by atoms with Crippen molar-refractivity contribution in [2.24, 2.45) is 5.92 Å². The van der Waals surface area contributed by atoms with E-state index < -0.39 is 55.8 Å². The van der Waals surface area contributed by atoms with Crippen molar-refractivity contribution >= 4 is 27.6 Å². The average Bonchev–Trinajstić information content (AvgIpc) is 2.80. The van der Waals surface area contributed by atoms with Crippen LogP contribution in [0.3, 0.4) is 0 Å². The zero-order chi connectivity index (χ0) is 21.7. The Morgan fingerprint density at radius 3 is 2.33 bits per heavy atom. The van der Waals surface area contributed by atoms with Gasteiger partial charge in [-0.3, -0.25) is 9.59 Å². The molecule has 2 heterocycles. The van der Waals surface area contributed by atoms with Gasteiger partial charge in [0.15, 0.2) is 9.84 Å². The van der Waals surface area contributed by atoms with Crippen LogP contribution in [0.2, 0.25) is 0 Å². The van der Waals surface area contributed by atoms with Gasteiger partial charge in [0, 0.05) is 13.1 Å². The van der Waals surface area contributed by atoms with E-state index in [9.17, 15) is 33.0 Å². The van der Waals surface area contributed by atoms with Gasteiger partial charge in [-0.2, -0.15) is 0 Å². The number of sulfone groups is 1. The van der Waals surface area contributed by atoms with Crippen LogP contribution in [0.1, 0.15) is 26.3 Å². The molecule has 4 atom stereocenters. The molecule has 0 aliphatic carbocycles. The van der Waals surface area contributed by atoms with Crippen LogP contribution in [0.15, 0.2) is 30.3 Å². The SMILES string of the molecule is CCN(Cc1ccccc1)C(=O)[C@@H](O)[C@@H]1C(=O)N2[C@@H](C(=O)[O-])C(C)(C)S(=O)(=O)[C@H]12.[Na+]. The van der Waals surface area contributed by atoms with Crippen molar-refractivity contribution in [3.05, 3.63) is 35.9 Å². The van der Waals surface area contributed by atoms with Gasteiger partial charge in [-0.25, -0.2) is 8.42 Å². The summed E-state index contributed by atoms with van der Waals surface area (Å²) >= 11 is 0. The van der Waals surface area contributed by atoms with Crippen molar-refractivity contribution in [3.63, 3.8) is 0 Å². The fraction of sp³-hybridized carbons (Fsp3) is 0.526. The number of hydrogen-bond acceptors (Lipinski definition) is 7. The van der Waals surface area contributed by atoms with E-state index in [2.05, 4.69) is 0 Å². The molecule has 2 aliphatic heterocycles. The Labute approximate surface area is 197 Å². The van der Waals surface area contributed by atoms with Crippen molar-refractivity contribution in [1.82, 2.24) is 9.80 Å². The minimum atomic E-state index is -4.16. The van der Waals surface area contributed by atoms with Crippen molar-refractivity contribution in [3.8, 4) is 0 Å². The number of carboxylic acid groups (broad SMARTS) is 1. The maximum atomic E-state index is 12.9. The molecule has 2 saturated heterocycles. The maximum absolute atomic E-state index is 12.9. The number of benzene rings is 1. The number of carbonyl (C=O) groups is 3. The van der Waals surface area contributed by atoms with E-state index in [1.165, 1.54) is 18.7 Å². The van der Waals surface area contributed by atoms with Crippen LogP contribution in [0.25, 0.3) is 0 Å². The van der Waals surface area contributed by atoms with E-state index in [0.29, 0.717) is 4.90 Å². The third-order valence-corrected chi connectivity index (χ3v) is 8.68. The molecule has 9 nitrogen and oxygen atoms in total. The summed E-state index contributed by atoms with van der Waals surface area (Å²) in [5, 5.41) is 20.5. The predicted molar refractivity (Wildman–Crippen MR) is 99.5 cm³/mol. The molecule has 0 spiro atoms. The first-order valence-corrected chi connectivity index (χ1v) is 10.8. The molecule has 3 rings (SSSR count). The summed E-state index contributed by atoms with van der Waals surface area (Å²) in [5.74, 6) is -4.89. The van der Waals surface area contributed by atoms with Gasteiger partial charge in [-0.05, 0) is 26.3 Å². The Bertz CT molecular complexity index is 951. The van der Waals surface area contributed by atoms with E-state index >= 15 is 0 Å². The number of rotatable bonds is 6.